The van der Waals surface area contributed by atoms with E-state index in [0.717, 1.165) is 117 Å². The van der Waals surface area contributed by atoms with Gasteiger partial charge in [-0.1, -0.05) is 18.2 Å². The van der Waals surface area contributed by atoms with Crippen molar-refractivity contribution in [1.82, 2.24) is 29.7 Å². The lowest BCUT2D eigenvalue weighted by molar-refractivity contribution is -0.197. The molecule has 2 atom stereocenters. The van der Waals surface area contributed by atoms with E-state index in [1.54, 1.807) is 29.9 Å². The first-order chi connectivity index (χ1) is 28.1. The molecule has 58 heavy (non-hydrogen) atoms. The van der Waals surface area contributed by atoms with Gasteiger partial charge in [0, 0.05) is 80.1 Å². The number of fused-ring (bicyclic) bond motifs is 2. The van der Waals surface area contributed by atoms with Gasteiger partial charge in [-0.05, 0) is 106 Å². The number of carboxylic acid groups (broad SMARTS) is 1. The zero-order chi connectivity index (χ0) is 40.0. The Labute approximate surface area is 336 Å². The number of carbonyl (C=O) groups is 1. The van der Waals surface area contributed by atoms with Gasteiger partial charge in [-0.2, -0.15) is 0 Å². The lowest BCUT2D eigenvalue weighted by Crippen LogP contribution is -2.56. The largest absolute Gasteiger partial charge is 0.465 e. The van der Waals surface area contributed by atoms with Gasteiger partial charge in [0.1, 0.15) is 11.3 Å². The molecule has 13 nitrogen and oxygen atoms in total. The lowest BCUT2D eigenvalue weighted by Gasteiger charge is -2.45. The third-order valence-corrected chi connectivity index (χ3v) is 12.7. The first kappa shape index (κ1) is 38.6. The zero-order valence-electron chi connectivity index (χ0n) is 33.2. The van der Waals surface area contributed by atoms with Crippen LogP contribution in [0.2, 0.25) is 0 Å². The summed E-state index contributed by atoms with van der Waals surface area (Å²) >= 11 is 0. The minimum atomic E-state index is -1.24. The SMILES string of the molecule is Cn1cc(-c2ccc3nc(N4CCC(N5CCC(C)(NC(=O)O)CC5)CC4)nc(C(COC4CCCCO4)(OC4CC4)c4ccc(F)cc4)c3c2)c2cc[nH]c2c1=O. The average Bonchev–Trinajstić information content (AvgIpc) is 3.91. The van der Waals surface area contributed by atoms with Crippen molar-refractivity contribution < 1.29 is 28.5 Å². The fraction of sp³-hybridized carbons (Fsp3) is 0.500. The normalized spacial score (nSPS) is 21.6. The van der Waals surface area contributed by atoms with Crippen LogP contribution in [0.25, 0.3) is 32.9 Å². The molecule has 2 unspecified atom stereocenters. The molecule has 3 aliphatic heterocycles. The molecule has 0 bridgehead atoms. The van der Waals surface area contributed by atoms with Crippen molar-refractivity contribution in [1.29, 1.82) is 0 Å². The average molecular weight is 794 g/mol. The quantitative estimate of drug-likeness (QED) is 0.133. The van der Waals surface area contributed by atoms with Gasteiger partial charge in [0.2, 0.25) is 5.95 Å². The Kier molecular flexibility index (Phi) is 10.5. The number of aryl methyl sites for hydroxylation is 1. The van der Waals surface area contributed by atoms with E-state index in [4.69, 9.17) is 24.2 Å². The maximum atomic E-state index is 14.7. The van der Waals surface area contributed by atoms with Gasteiger partial charge in [0.25, 0.3) is 5.56 Å². The van der Waals surface area contributed by atoms with E-state index in [1.807, 2.05) is 31.3 Å². The van der Waals surface area contributed by atoms with Crippen molar-refractivity contribution >= 4 is 33.8 Å². The van der Waals surface area contributed by atoms with Gasteiger partial charge in [-0.3, -0.25) is 4.79 Å². The molecule has 2 aromatic carbocycles. The fourth-order valence-corrected chi connectivity index (χ4v) is 9.12. The summed E-state index contributed by atoms with van der Waals surface area (Å²) in [7, 11) is 1.75. The summed E-state index contributed by atoms with van der Waals surface area (Å²) in [6.45, 7) is 5.90. The van der Waals surface area contributed by atoms with Crippen LogP contribution in [0.1, 0.15) is 76.0 Å². The number of likely N-dealkylation sites (tertiary alicyclic amines) is 1. The van der Waals surface area contributed by atoms with Crippen LogP contribution in [0.3, 0.4) is 0 Å². The lowest BCUT2D eigenvalue weighted by atomic mass is 9.87. The summed E-state index contributed by atoms with van der Waals surface area (Å²) < 4.78 is 36.1. The van der Waals surface area contributed by atoms with Crippen molar-refractivity contribution in [3.05, 3.63) is 88.4 Å². The number of halogens is 1. The smallest absolute Gasteiger partial charge is 0.405 e. The summed E-state index contributed by atoms with van der Waals surface area (Å²) in [5, 5.41) is 13.7. The molecule has 3 aromatic heterocycles. The van der Waals surface area contributed by atoms with Crippen molar-refractivity contribution in [2.45, 2.75) is 94.3 Å². The number of pyridine rings is 1. The highest BCUT2D eigenvalue weighted by Crippen LogP contribution is 2.44. The third-order valence-electron chi connectivity index (χ3n) is 12.7. The second-order valence-corrected chi connectivity index (χ2v) is 16.8. The maximum absolute atomic E-state index is 14.7. The first-order valence-corrected chi connectivity index (χ1v) is 20.7. The molecule has 3 N–H and O–H groups in total. The number of benzene rings is 2. The molecule has 4 fully saturated rings. The molecule has 3 saturated heterocycles. The number of H-pyrrole nitrogens is 1. The van der Waals surface area contributed by atoms with Gasteiger partial charge in [0.15, 0.2) is 11.9 Å². The van der Waals surface area contributed by atoms with Crippen molar-refractivity contribution in [3.8, 4) is 11.1 Å². The molecule has 1 saturated carbocycles. The predicted molar refractivity (Wildman–Crippen MR) is 219 cm³/mol. The van der Waals surface area contributed by atoms with E-state index < -0.39 is 23.5 Å². The van der Waals surface area contributed by atoms with E-state index in [9.17, 15) is 19.1 Å². The number of rotatable bonds is 11. The Morgan fingerprint density at radius 2 is 1.79 bits per heavy atom. The van der Waals surface area contributed by atoms with Crippen LogP contribution in [-0.2, 0) is 26.9 Å². The molecule has 0 spiro atoms. The Morgan fingerprint density at radius 1 is 1.02 bits per heavy atom. The molecular weight excluding hydrogens is 742 g/mol. The summed E-state index contributed by atoms with van der Waals surface area (Å²) in [6, 6.07) is 14.9. The van der Waals surface area contributed by atoms with E-state index in [0.29, 0.717) is 29.8 Å². The highest BCUT2D eigenvalue weighted by molar-refractivity contribution is 5.97. The van der Waals surface area contributed by atoms with Crippen LogP contribution in [0.4, 0.5) is 15.1 Å². The van der Waals surface area contributed by atoms with Gasteiger partial charge in [-0.15, -0.1) is 0 Å². The summed E-state index contributed by atoms with van der Waals surface area (Å²) in [5.41, 5.74) is 2.67. The van der Waals surface area contributed by atoms with E-state index in [-0.39, 0.29) is 24.1 Å². The summed E-state index contributed by atoms with van der Waals surface area (Å²) in [4.78, 5) is 43.0. The number of aromatic nitrogens is 4. The molecule has 306 valence electrons. The van der Waals surface area contributed by atoms with Crippen LogP contribution >= 0.6 is 0 Å². The van der Waals surface area contributed by atoms with Gasteiger partial charge in [0.05, 0.1) is 23.9 Å². The number of piperidine rings is 2. The third kappa shape index (κ3) is 7.70. The minimum Gasteiger partial charge on any atom is -0.465 e. The molecule has 0 radical (unpaired) electrons. The van der Waals surface area contributed by atoms with Crippen LogP contribution in [0.15, 0.2) is 65.7 Å². The highest BCUT2D eigenvalue weighted by atomic mass is 19.1. The van der Waals surface area contributed by atoms with Crippen molar-refractivity contribution in [3.63, 3.8) is 0 Å². The van der Waals surface area contributed by atoms with Gasteiger partial charge < -0.3 is 44.0 Å². The molecule has 6 heterocycles. The fourth-order valence-electron chi connectivity index (χ4n) is 9.12. The molecule has 9 rings (SSSR count). The topological polar surface area (TPSA) is 147 Å². The first-order valence-electron chi connectivity index (χ1n) is 20.7. The second-order valence-electron chi connectivity index (χ2n) is 16.8. The Bertz CT molecular complexity index is 2340. The number of hydrogen-bond acceptors (Lipinski definition) is 9. The number of ether oxygens (including phenoxy) is 3. The highest BCUT2D eigenvalue weighted by Gasteiger charge is 2.45. The van der Waals surface area contributed by atoms with Crippen molar-refractivity contribution in [2.75, 3.05) is 44.3 Å². The number of aromatic amines is 1. The van der Waals surface area contributed by atoms with E-state index in [2.05, 4.69) is 26.2 Å². The summed E-state index contributed by atoms with van der Waals surface area (Å²) in [6.07, 6.45) is 10.2. The standard InChI is InChI=1S/C44H52FN7O6/c1-43(49-42(54)55)17-22-51(23-18-43)31-15-20-52(21-16-31)41-47-36-13-6-28(35-26-50(2)40(53)38-33(35)14-19-46-38)25-34(36)39(48-41)44(58-32-11-12-32,29-7-9-30(45)10-8-29)27-57-37-5-3-4-24-56-37/h6-10,13-14,19,25-26,31-32,37,46,49H,3-5,11-12,15-18,20-24,27H2,1-2H3,(H,54,55). The molecule has 1 amide bonds. The number of amides is 1. The van der Waals surface area contributed by atoms with Crippen molar-refractivity contribution in [2.24, 2.45) is 7.05 Å². The molecule has 4 aliphatic rings. The van der Waals surface area contributed by atoms with E-state index in [1.165, 1.54) is 12.1 Å². The Balaban J connectivity index is 1.13. The number of nitrogens with zero attached hydrogens (tertiary/aromatic N) is 5. The number of nitrogens with one attached hydrogen (secondary N) is 2. The van der Waals surface area contributed by atoms with Gasteiger partial charge in [-0.25, -0.2) is 19.2 Å². The van der Waals surface area contributed by atoms with Crippen LogP contribution in [0, 0.1) is 5.82 Å². The monoisotopic (exact) mass is 793 g/mol. The molecule has 14 heteroatoms. The number of anilines is 1. The Morgan fingerprint density at radius 3 is 2.50 bits per heavy atom. The number of hydrogen-bond donors (Lipinski definition) is 3. The Hall–Kier alpha value is -4.89. The molecule has 1 aliphatic carbocycles. The van der Waals surface area contributed by atoms with Crippen LogP contribution in [-0.4, -0.2) is 99.0 Å². The zero-order valence-corrected chi connectivity index (χ0v) is 33.2. The maximum Gasteiger partial charge on any atom is 0.405 e. The second kappa shape index (κ2) is 15.7. The summed E-state index contributed by atoms with van der Waals surface area (Å²) in [5.74, 6) is 0.251. The molecule has 5 aromatic rings. The van der Waals surface area contributed by atoms with E-state index >= 15 is 0 Å². The minimum absolute atomic E-state index is 0.0338. The van der Waals surface area contributed by atoms with Crippen LogP contribution in [0.5, 0.6) is 0 Å². The van der Waals surface area contributed by atoms with Crippen LogP contribution < -0.4 is 15.8 Å². The molecular formula is C44H52FN7O6. The van der Waals surface area contributed by atoms with Gasteiger partial charge >= 0.3 is 6.09 Å². The predicted octanol–water partition coefficient (Wildman–Crippen LogP) is 6.67.